The molecule has 0 aliphatic rings. The van der Waals surface area contributed by atoms with E-state index in [1.807, 2.05) is 6.92 Å². The van der Waals surface area contributed by atoms with Crippen LogP contribution >= 0.6 is 15.9 Å². The topological polar surface area (TPSA) is 29.5 Å². The molecule has 0 heterocycles. The molecule has 0 spiro atoms. The van der Waals surface area contributed by atoms with Gasteiger partial charge in [0.2, 0.25) is 0 Å². The number of hydrogen-bond donors (Lipinski definition) is 1. The Kier molecular flexibility index (Phi) is 4.70. The standard InChI is InChI=1S/C11H14BrFO2/c1-3-15-7(2)11(14)9-6-8(12)4-5-10(9)13/h4-7,11,14H,3H2,1-2H3. The van der Waals surface area contributed by atoms with Crippen LogP contribution in [0, 0.1) is 5.82 Å². The fourth-order valence-electron chi connectivity index (χ4n) is 1.35. The Morgan fingerprint density at radius 1 is 1.53 bits per heavy atom. The van der Waals surface area contributed by atoms with Gasteiger partial charge in [-0.15, -0.1) is 0 Å². The minimum Gasteiger partial charge on any atom is -0.386 e. The van der Waals surface area contributed by atoms with Crippen LogP contribution in [0.3, 0.4) is 0 Å². The quantitative estimate of drug-likeness (QED) is 0.916. The molecule has 0 aliphatic carbocycles. The number of aliphatic hydroxyl groups excluding tert-OH is 1. The van der Waals surface area contributed by atoms with Gasteiger partial charge in [-0.05, 0) is 32.0 Å². The monoisotopic (exact) mass is 276 g/mol. The maximum atomic E-state index is 13.4. The summed E-state index contributed by atoms with van der Waals surface area (Å²) in [7, 11) is 0. The Balaban J connectivity index is 2.89. The van der Waals surface area contributed by atoms with Gasteiger partial charge in [0.1, 0.15) is 11.9 Å². The molecule has 0 aliphatic heterocycles. The highest BCUT2D eigenvalue weighted by atomic mass is 79.9. The molecular weight excluding hydrogens is 263 g/mol. The minimum absolute atomic E-state index is 0.255. The molecule has 0 amide bonds. The Morgan fingerprint density at radius 2 is 2.20 bits per heavy atom. The van der Waals surface area contributed by atoms with E-state index in [-0.39, 0.29) is 5.56 Å². The second-order valence-corrected chi connectivity index (χ2v) is 4.19. The average Bonchev–Trinajstić information content (AvgIpc) is 2.21. The Morgan fingerprint density at radius 3 is 2.80 bits per heavy atom. The lowest BCUT2D eigenvalue weighted by Gasteiger charge is -2.19. The number of halogens is 2. The van der Waals surface area contributed by atoms with E-state index in [4.69, 9.17) is 4.74 Å². The zero-order valence-corrected chi connectivity index (χ0v) is 10.3. The van der Waals surface area contributed by atoms with Crippen molar-refractivity contribution in [1.82, 2.24) is 0 Å². The van der Waals surface area contributed by atoms with Gasteiger partial charge in [-0.25, -0.2) is 4.39 Å². The third-order valence-electron chi connectivity index (χ3n) is 2.15. The molecule has 4 heteroatoms. The summed E-state index contributed by atoms with van der Waals surface area (Å²) in [6, 6.07) is 4.48. The number of aliphatic hydroxyl groups is 1. The highest BCUT2D eigenvalue weighted by Crippen LogP contribution is 2.25. The Bertz CT molecular complexity index is 330. The zero-order chi connectivity index (χ0) is 11.4. The molecule has 0 fully saturated rings. The molecule has 0 bridgehead atoms. The summed E-state index contributed by atoms with van der Waals surface area (Å²) >= 11 is 3.23. The molecule has 0 aromatic heterocycles. The Hall–Kier alpha value is -0.450. The highest BCUT2D eigenvalue weighted by molar-refractivity contribution is 9.10. The number of rotatable bonds is 4. The van der Waals surface area contributed by atoms with Gasteiger partial charge in [0.15, 0.2) is 0 Å². The molecular formula is C11H14BrFO2. The lowest BCUT2D eigenvalue weighted by molar-refractivity contribution is -0.0242. The third kappa shape index (κ3) is 3.26. The lowest BCUT2D eigenvalue weighted by atomic mass is 10.0. The maximum Gasteiger partial charge on any atom is 0.129 e. The molecule has 1 N–H and O–H groups in total. The van der Waals surface area contributed by atoms with Crippen molar-refractivity contribution in [1.29, 1.82) is 0 Å². The SMILES string of the molecule is CCOC(C)C(O)c1cc(Br)ccc1F. The number of benzene rings is 1. The van der Waals surface area contributed by atoms with Crippen molar-refractivity contribution in [2.24, 2.45) is 0 Å². The summed E-state index contributed by atoms with van der Waals surface area (Å²) in [5.41, 5.74) is 0.255. The molecule has 2 unspecified atom stereocenters. The Labute approximate surface area is 97.2 Å². The van der Waals surface area contributed by atoms with Gasteiger partial charge in [0.25, 0.3) is 0 Å². The molecule has 2 nitrogen and oxygen atoms in total. The summed E-state index contributed by atoms with van der Waals surface area (Å²) in [4.78, 5) is 0. The molecule has 2 atom stereocenters. The third-order valence-corrected chi connectivity index (χ3v) is 2.64. The van der Waals surface area contributed by atoms with Crippen LogP contribution in [0.5, 0.6) is 0 Å². The van der Waals surface area contributed by atoms with Gasteiger partial charge in [0, 0.05) is 16.6 Å². The summed E-state index contributed by atoms with van der Waals surface area (Å²) in [6.07, 6.45) is -1.36. The van der Waals surface area contributed by atoms with Crippen LogP contribution in [0.2, 0.25) is 0 Å². The van der Waals surface area contributed by atoms with Gasteiger partial charge >= 0.3 is 0 Å². The number of hydrogen-bond acceptors (Lipinski definition) is 2. The maximum absolute atomic E-state index is 13.4. The molecule has 15 heavy (non-hydrogen) atoms. The fourth-order valence-corrected chi connectivity index (χ4v) is 1.73. The van der Waals surface area contributed by atoms with E-state index in [1.165, 1.54) is 6.07 Å². The normalized spacial score (nSPS) is 15.0. The van der Waals surface area contributed by atoms with E-state index in [0.29, 0.717) is 6.61 Å². The fraction of sp³-hybridized carbons (Fsp3) is 0.455. The first-order chi connectivity index (χ1) is 7.06. The van der Waals surface area contributed by atoms with Crippen molar-refractivity contribution in [3.8, 4) is 0 Å². The molecule has 0 saturated carbocycles. The van der Waals surface area contributed by atoms with Crippen LogP contribution in [-0.2, 0) is 4.74 Å². The van der Waals surface area contributed by atoms with E-state index in [0.717, 1.165) is 4.47 Å². The van der Waals surface area contributed by atoms with Crippen LogP contribution in [0.4, 0.5) is 4.39 Å². The van der Waals surface area contributed by atoms with Crippen LogP contribution in [0.1, 0.15) is 25.5 Å². The van der Waals surface area contributed by atoms with Crippen molar-refractivity contribution < 1.29 is 14.2 Å². The van der Waals surface area contributed by atoms with Crippen molar-refractivity contribution in [3.05, 3.63) is 34.1 Å². The minimum atomic E-state index is -0.942. The van der Waals surface area contributed by atoms with Gasteiger partial charge < -0.3 is 9.84 Å². The summed E-state index contributed by atoms with van der Waals surface area (Å²) in [5, 5.41) is 9.84. The van der Waals surface area contributed by atoms with E-state index in [2.05, 4.69) is 15.9 Å². The predicted molar refractivity (Wildman–Crippen MR) is 60.1 cm³/mol. The van der Waals surface area contributed by atoms with Gasteiger partial charge in [0.05, 0.1) is 6.10 Å². The lowest BCUT2D eigenvalue weighted by Crippen LogP contribution is -2.19. The van der Waals surface area contributed by atoms with E-state index in [1.54, 1.807) is 19.1 Å². The largest absolute Gasteiger partial charge is 0.386 e. The summed E-state index contributed by atoms with van der Waals surface area (Å²) in [6.45, 7) is 4.04. The molecule has 1 rings (SSSR count). The molecule has 1 aromatic rings. The van der Waals surface area contributed by atoms with Crippen LogP contribution in [0.15, 0.2) is 22.7 Å². The number of ether oxygens (including phenoxy) is 1. The zero-order valence-electron chi connectivity index (χ0n) is 8.71. The second kappa shape index (κ2) is 5.58. The van der Waals surface area contributed by atoms with Crippen LogP contribution in [-0.4, -0.2) is 17.8 Å². The van der Waals surface area contributed by atoms with Crippen molar-refractivity contribution in [2.75, 3.05) is 6.61 Å². The molecule has 84 valence electrons. The highest BCUT2D eigenvalue weighted by Gasteiger charge is 2.20. The summed E-state index contributed by atoms with van der Waals surface area (Å²) in [5.74, 6) is -0.419. The summed E-state index contributed by atoms with van der Waals surface area (Å²) < 4.78 is 19.3. The molecule has 1 aromatic carbocycles. The van der Waals surface area contributed by atoms with E-state index in [9.17, 15) is 9.50 Å². The van der Waals surface area contributed by atoms with Gasteiger partial charge in [-0.2, -0.15) is 0 Å². The van der Waals surface area contributed by atoms with Crippen LogP contribution < -0.4 is 0 Å². The van der Waals surface area contributed by atoms with Crippen LogP contribution in [0.25, 0.3) is 0 Å². The van der Waals surface area contributed by atoms with E-state index < -0.39 is 18.0 Å². The first-order valence-electron chi connectivity index (χ1n) is 4.81. The molecule has 0 saturated heterocycles. The van der Waals surface area contributed by atoms with Crippen molar-refractivity contribution >= 4 is 15.9 Å². The van der Waals surface area contributed by atoms with Crippen molar-refractivity contribution in [3.63, 3.8) is 0 Å². The first-order valence-corrected chi connectivity index (χ1v) is 5.60. The van der Waals surface area contributed by atoms with Gasteiger partial charge in [-0.3, -0.25) is 0 Å². The predicted octanol–water partition coefficient (Wildman–Crippen LogP) is 3.05. The first kappa shape index (κ1) is 12.6. The van der Waals surface area contributed by atoms with E-state index >= 15 is 0 Å². The van der Waals surface area contributed by atoms with Crippen molar-refractivity contribution in [2.45, 2.75) is 26.1 Å². The van der Waals surface area contributed by atoms with Gasteiger partial charge in [-0.1, -0.05) is 15.9 Å². The smallest absolute Gasteiger partial charge is 0.129 e. The second-order valence-electron chi connectivity index (χ2n) is 3.27. The molecule has 0 radical (unpaired) electrons. The average molecular weight is 277 g/mol.